The highest BCUT2D eigenvalue weighted by Crippen LogP contribution is 2.35. The topological polar surface area (TPSA) is 34.1 Å². The Morgan fingerprint density at radius 1 is 0.846 bits per heavy atom. The number of halogens is 8. The molecule has 1 rings (SSSR count). The maximum absolute atomic E-state index is 13.6. The van der Waals surface area contributed by atoms with Crippen molar-refractivity contribution in [2.45, 2.75) is 38.8 Å². The van der Waals surface area contributed by atoms with Crippen molar-refractivity contribution in [2.75, 3.05) is 5.75 Å². The van der Waals surface area contributed by atoms with Gasteiger partial charge in [-0.3, -0.25) is 0 Å². The van der Waals surface area contributed by atoms with Crippen LogP contribution in [0.4, 0.5) is 35.1 Å². The van der Waals surface area contributed by atoms with Crippen LogP contribution in [0, 0.1) is 29.1 Å². The molecule has 2 nitrogen and oxygen atoms in total. The van der Waals surface area contributed by atoms with Gasteiger partial charge in [0.1, 0.15) is 4.91 Å². The second-order valence-electron chi connectivity index (χ2n) is 5.37. The van der Waals surface area contributed by atoms with Crippen LogP contribution in [0.3, 0.4) is 0 Å². The van der Waals surface area contributed by atoms with Crippen LogP contribution in [0.5, 0.6) is 0 Å². The third-order valence-electron chi connectivity index (χ3n) is 3.40. The Balaban J connectivity index is 3.49. The number of alkyl halides is 3. The average Bonchev–Trinajstić information content (AvgIpc) is 2.53. The lowest BCUT2D eigenvalue weighted by molar-refractivity contribution is -0.0836. The van der Waals surface area contributed by atoms with Gasteiger partial charge >= 0.3 is 6.18 Å². The van der Waals surface area contributed by atoms with Gasteiger partial charge in [0.15, 0.2) is 33.1 Å². The lowest BCUT2D eigenvalue weighted by Gasteiger charge is -2.13. The molecule has 26 heavy (non-hydrogen) atoms. The largest absolute Gasteiger partial charge is 0.427 e. The Hall–Kier alpha value is -1.65. The highest BCUT2D eigenvalue weighted by molar-refractivity contribution is 7.95. The van der Waals surface area contributed by atoms with E-state index >= 15 is 0 Å². The number of benzene rings is 1. The van der Waals surface area contributed by atoms with Crippen LogP contribution < -0.4 is 0 Å². The summed E-state index contributed by atoms with van der Waals surface area (Å²) >= 11 is 0. The van der Waals surface area contributed by atoms with E-state index in [2.05, 4.69) is 0 Å². The molecule has 0 heterocycles. The second kappa shape index (κ2) is 8.36. The standard InChI is InChI=1S/C15H14F8O2S/c1-2-3-4-5-6-26(24,25)9(15(21,22)23)7-8-10(16)12(18)14(20)13(19)11(8)17/h7H,2-6H2,1H3/b9-7+. The van der Waals surface area contributed by atoms with Gasteiger partial charge in [-0.15, -0.1) is 0 Å². The summed E-state index contributed by atoms with van der Waals surface area (Å²) in [4.78, 5) is -2.37. The molecule has 0 aliphatic rings. The minimum Gasteiger partial charge on any atom is -0.224 e. The third-order valence-corrected chi connectivity index (χ3v) is 5.25. The molecule has 148 valence electrons. The van der Waals surface area contributed by atoms with Crippen LogP contribution in [-0.2, 0) is 9.84 Å². The van der Waals surface area contributed by atoms with E-state index in [0.29, 0.717) is 19.3 Å². The Morgan fingerprint density at radius 2 is 1.31 bits per heavy atom. The molecule has 11 heteroatoms. The Bertz CT molecular complexity index is 768. The molecule has 0 spiro atoms. The third kappa shape index (κ3) is 4.95. The van der Waals surface area contributed by atoms with Gasteiger partial charge in [0.2, 0.25) is 5.82 Å². The van der Waals surface area contributed by atoms with Crippen molar-refractivity contribution in [1.29, 1.82) is 0 Å². The number of unbranched alkanes of at least 4 members (excludes halogenated alkanes) is 3. The van der Waals surface area contributed by atoms with Gasteiger partial charge in [-0.1, -0.05) is 26.2 Å². The predicted molar refractivity (Wildman–Crippen MR) is 78.2 cm³/mol. The zero-order valence-electron chi connectivity index (χ0n) is 13.4. The van der Waals surface area contributed by atoms with Crippen LogP contribution in [-0.4, -0.2) is 20.3 Å². The van der Waals surface area contributed by atoms with E-state index in [4.69, 9.17) is 0 Å². The molecule has 0 saturated carbocycles. The second-order valence-corrected chi connectivity index (χ2v) is 7.45. The van der Waals surface area contributed by atoms with Gasteiger partial charge in [0, 0.05) is 0 Å². The van der Waals surface area contributed by atoms with E-state index in [0.717, 1.165) is 0 Å². The first kappa shape index (κ1) is 22.4. The highest BCUT2D eigenvalue weighted by atomic mass is 32.2. The summed E-state index contributed by atoms with van der Waals surface area (Å²) in [7, 11) is -5.06. The first-order valence-corrected chi connectivity index (χ1v) is 9.02. The molecule has 0 saturated heterocycles. The van der Waals surface area contributed by atoms with Crippen molar-refractivity contribution in [3.63, 3.8) is 0 Å². The molecule has 0 amide bonds. The Morgan fingerprint density at radius 3 is 1.73 bits per heavy atom. The van der Waals surface area contributed by atoms with Gasteiger partial charge in [0.05, 0.1) is 11.3 Å². The summed E-state index contributed by atoms with van der Waals surface area (Å²) in [6, 6.07) is 0. The molecule has 0 aliphatic heterocycles. The molecule has 1 aromatic rings. The molecule has 0 atom stereocenters. The van der Waals surface area contributed by atoms with Gasteiger partial charge < -0.3 is 0 Å². The average molecular weight is 410 g/mol. The molecule has 0 radical (unpaired) electrons. The molecular formula is C15H14F8O2S. The van der Waals surface area contributed by atoms with Crippen LogP contribution in [0.15, 0.2) is 4.91 Å². The normalized spacial score (nSPS) is 13.3. The van der Waals surface area contributed by atoms with Gasteiger partial charge in [-0.25, -0.2) is 30.4 Å². The Labute approximate surface area is 144 Å². The van der Waals surface area contributed by atoms with E-state index in [9.17, 15) is 43.5 Å². The monoisotopic (exact) mass is 410 g/mol. The molecule has 0 unspecified atom stereocenters. The minimum absolute atomic E-state index is 0.152. The van der Waals surface area contributed by atoms with Crippen molar-refractivity contribution < 1.29 is 43.5 Å². The summed E-state index contributed by atoms with van der Waals surface area (Å²) in [5.41, 5.74) is -1.97. The van der Waals surface area contributed by atoms with E-state index < -0.39 is 67.4 Å². The molecule has 0 aliphatic carbocycles. The van der Waals surface area contributed by atoms with Crippen molar-refractivity contribution in [2.24, 2.45) is 0 Å². The molecule has 0 aromatic heterocycles. The van der Waals surface area contributed by atoms with Crippen molar-refractivity contribution in [3.8, 4) is 0 Å². The highest BCUT2D eigenvalue weighted by Gasteiger charge is 2.43. The molecular weight excluding hydrogens is 396 g/mol. The number of allylic oxidation sites excluding steroid dienone is 1. The molecule has 0 bridgehead atoms. The molecule has 0 fully saturated rings. The fraction of sp³-hybridized carbons (Fsp3) is 0.467. The SMILES string of the molecule is CCCCCCS(=O)(=O)/C(=C/c1c(F)c(F)c(F)c(F)c1F)C(F)(F)F. The van der Waals surface area contributed by atoms with E-state index in [1.165, 1.54) is 0 Å². The van der Waals surface area contributed by atoms with Gasteiger partial charge in [-0.05, 0) is 12.5 Å². The quantitative estimate of drug-likeness (QED) is 0.265. The lowest BCUT2D eigenvalue weighted by atomic mass is 10.1. The number of sulfone groups is 1. The maximum atomic E-state index is 13.6. The molecule has 1 aromatic carbocycles. The number of rotatable bonds is 7. The fourth-order valence-corrected chi connectivity index (χ4v) is 3.51. The van der Waals surface area contributed by atoms with Crippen LogP contribution in [0.1, 0.15) is 38.2 Å². The van der Waals surface area contributed by atoms with E-state index in [-0.39, 0.29) is 6.42 Å². The summed E-state index contributed by atoms with van der Waals surface area (Å²) in [6.45, 7) is 1.78. The predicted octanol–water partition coefficient (Wildman–Crippen LogP) is 5.28. The minimum atomic E-state index is -5.58. The van der Waals surface area contributed by atoms with Crippen LogP contribution in [0.2, 0.25) is 0 Å². The zero-order chi connectivity index (χ0) is 20.3. The summed E-state index contributed by atoms with van der Waals surface area (Å²) in [6.07, 6.45) is -4.77. The van der Waals surface area contributed by atoms with E-state index in [1.807, 2.05) is 0 Å². The molecule has 0 N–H and O–H groups in total. The number of hydrogen-bond donors (Lipinski definition) is 0. The van der Waals surface area contributed by atoms with Crippen molar-refractivity contribution in [3.05, 3.63) is 39.6 Å². The van der Waals surface area contributed by atoms with E-state index in [1.54, 1.807) is 6.92 Å². The first-order valence-electron chi connectivity index (χ1n) is 7.37. The first-order chi connectivity index (χ1) is 11.8. The maximum Gasteiger partial charge on any atom is 0.427 e. The smallest absolute Gasteiger partial charge is 0.224 e. The number of hydrogen-bond acceptors (Lipinski definition) is 2. The summed E-state index contributed by atoms with van der Waals surface area (Å²) < 4.78 is 129. The van der Waals surface area contributed by atoms with Gasteiger partial charge in [-0.2, -0.15) is 13.2 Å². The van der Waals surface area contributed by atoms with Crippen LogP contribution >= 0.6 is 0 Å². The van der Waals surface area contributed by atoms with Crippen molar-refractivity contribution >= 4 is 15.9 Å². The fourth-order valence-electron chi connectivity index (χ4n) is 2.06. The zero-order valence-corrected chi connectivity index (χ0v) is 14.2. The van der Waals surface area contributed by atoms with Crippen LogP contribution in [0.25, 0.3) is 6.08 Å². The Kier molecular flexibility index (Phi) is 7.20. The van der Waals surface area contributed by atoms with Gasteiger partial charge in [0.25, 0.3) is 0 Å². The summed E-state index contributed by atoms with van der Waals surface area (Å²) in [5, 5.41) is 0. The lowest BCUT2D eigenvalue weighted by Crippen LogP contribution is -2.23. The summed E-state index contributed by atoms with van der Waals surface area (Å²) in [5.74, 6) is -13.6. The van der Waals surface area contributed by atoms with Crippen molar-refractivity contribution in [1.82, 2.24) is 0 Å².